The lowest BCUT2D eigenvalue weighted by Crippen LogP contribution is -2.38. The minimum Gasteiger partial charge on any atom is -0.389 e. The molecule has 1 saturated heterocycles. The lowest BCUT2D eigenvalue weighted by Gasteiger charge is -2.31. The molecule has 2 N–H and O–H groups in total. The van der Waals surface area contributed by atoms with Gasteiger partial charge >= 0.3 is 11.4 Å². The number of halogens is 4. The van der Waals surface area contributed by atoms with Crippen molar-refractivity contribution in [2.45, 2.75) is 45.0 Å². The number of amides is 1. The molecule has 2 aliphatic rings. The standard InChI is InChI=1S/C21H25ClF3N3O2S/c1-20(2,30)12-26-18-17(31-19(29)27-18)9-13-5-7-28(8-6-13)11-14-3-4-15(10-16(14)22)21(23,24)25/h3-4,9-10,13,30H,5-8,11-12H2,1-2H3,(H,26,27,29). The average Bonchev–Trinajstić information content (AvgIpc) is 3.01. The number of rotatable bonds is 5. The van der Waals surface area contributed by atoms with Crippen LogP contribution in [-0.2, 0) is 12.7 Å². The smallest absolute Gasteiger partial charge is 0.389 e. The minimum absolute atomic E-state index is 0.124. The van der Waals surface area contributed by atoms with Crippen molar-refractivity contribution < 1.29 is 23.1 Å². The molecule has 1 amide bonds. The average molecular weight is 476 g/mol. The largest absolute Gasteiger partial charge is 0.416 e. The summed E-state index contributed by atoms with van der Waals surface area (Å²) in [4.78, 5) is 18.7. The number of thioether (sulfide) groups is 1. The van der Waals surface area contributed by atoms with E-state index in [9.17, 15) is 23.1 Å². The molecular formula is C21H25ClF3N3O2S. The molecule has 0 saturated carbocycles. The Kier molecular flexibility index (Phi) is 7.40. The monoisotopic (exact) mass is 475 g/mol. The molecule has 0 bridgehead atoms. The molecule has 0 radical (unpaired) electrons. The molecule has 31 heavy (non-hydrogen) atoms. The van der Waals surface area contributed by atoms with Crippen LogP contribution in [0.5, 0.6) is 0 Å². The van der Waals surface area contributed by atoms with Crippen LogP contribution in [0.2, 0.25) is 5.02 Å². The predicted molar refractivity (Wildman–Crippen MR) is 117 cm³/mol. The lowest BCUT2D eigenvalue weighted by molar-refractivity contribution is -0.137. The zero-order chi connectivity index (χ0) is 22.8. The molecule has 10 heteroatoms. The fourth-order valence-corrected chi connectivity index (χ4v) is 4.48. The Bertz CT molecular complexity index is 889. The molecule has 0 aliphatic carbocycles. The number of hydrogen-bond donors (Lipinski definition) is 2. The first-order valence-corrected chi connectivity index (χ1v) is 11.2. The van der Waals surface area contributed by atoms with Crippen molar-refractivity contribution in [2.24, 2.45) is 10.9 Å². The van der Waals surface area contributed by atoms with E-state index in [1.807, 2.05) is 6.08 Å². The number of nitrogens with zero attached hydrogens (tertiary/aromatic N) is 2. The number of hydrogen-bond acceptors (Lipinski definition) is 5. The highest BCUT2D eigenvalue weighted by molar-refractivity contribution is 8.18. The van der Waals surface area contributed by atoms with Crippen LogP contribution in [0.25, 0.3) is 0 Å². The lowest BCUT2D eigenvalue weighted by atomic mass is 9.95. The summed E-state index contributed by atoms with van der Waals surface area (Å²) >= 11 is 7.16. The molecule has 170 valence electrons. The van der Waals surface area contributed by atoms with Crippen molar-refractivity contribution in [3.05, 3.63) is 45.3 Å². The van der Waals surface area contributed by atoms with Crippen molar-refractivity contribution in [1.82, 2.24) is 10.2 Å². The maximum Gasteiger partial charge on any atom is 0.416 e. The number of allylic oxidation sites excluding steroid dienone is 1. The summed E-state index contributed by atoms with van der Waals surface area (Å²) in [6.07, 6.45) is -0.642. The fraction of sp³-hybridized carbons (Fsp3) is 0.524. The number of aliphatic hydroxyl groups is 1. The van der Waals surface area contributed by atoms with Crippen LogP contribution in [0.15, 0.2) is 34.2 Å². The van der Waals surface area contributed by atoms with Crippen molar-refractivity contribution >= 4 is 34.4 Å². The molecule has 2 heterocycles. The van der Waals surface area contributed by atoms with Gasteiger partial charge in [-0.3, -0.25) is 9.69 Å². The molecule has 2 aliphatic heterocycles. The molecule has 1 aromatic carbocycles. The summed E-state index contributed by atoms with van der Waals surface area (Å²) in [5.74, 6) is 0.762. The fourth-order valence-electron chi connectivity index (χ4n) is 3.44. The van der Waals surface area contributed by atoms with Gasteiger partial charge in [-0.2, -0.15) is 18.2 Å². The van der Waals surface area contributed by atoms with Gasteiger partial charge in [0.15, 0.2) is 0 Å². The molecule has 0 spiro atoms. The topological polar surface area (TPSA) is 64.9 Å². The van der Waals surface area contributed by atoms with Crippen LogP contribution in [0.1, 0.15) is 37.8 Å². The Labute approximate surface area is 188 Å². The number of likely N-dealkylation sites (tertiary alicyclic amines) is 1. The molecule has 0 unspecified atom stereocenters. The van der Waals surface area contributed by atoms with Gasteiger partial charge in [0.25, 0.3) is 0 Å². The van der Waals surface area contributed by atoms with Crippen molar-refractivity contribution in [3.63, 3.8) is 0 Å². The number of nitrogens with one attached hydrogen (secondary N) is 1. The summed E-state index contributed by atoms with van der Waals surface area (Å²) in [6, 6.07) is 3.48. The zero-order valence-corrected chi connectivity index (χ0v) is 18.9. The van der Waals surface area contributed by atoms with E-state index in [1.54, 1.807) is 13.8 Å². The first-order valence-electron chi connectivity index (χ1n) is 9.98. The third kappa shape index (κ3) is 6.97. The van der Waals surface area contributed by atoms with E-state index >= 15 is 0 Å². The second-order valence-electron chi connectivity index (χ2n) is 8.44. The third-order valence-electron chi connectivity index (χ3n) is 5.12. The maximum atomic E-state index is 12.8. The van der Waals surface area contributed by atoms with Gasteiger partial charge in [-0.1, -0.05) is 23.7 Å². The van der Waals surface area contributed by atoms with Crippen LogP contribution in [0, 0.1) is 5.92 Å². The van der Waals surface area contributed by atoms with E-state index in [-0.39, 0.29) is 22.7 Å². The maximum absolute atomic E-state index is 12.8. The van der Waals surface area contributed by atoms with E-state index < -0.39 is 17.3 Å². The number of carbonyl (C=O) groups excluding carboxylic acids is 1. The molecule has 5 nitrogen and oxygen atoms in total. The van der Waals surface area contributed by atoms with E-state index in [2.05, 4.69) is 15.2 Å². The highest BCUT2D eigenvalue weighted by Crippen LogP contribution is 2.34. The van der Waals surface area contributed by atoms with Crippen LogP contribution >= 0.6 is 23.4 Å². The summed E-state index contributed by atoms with van der Waals surface area (Å²) in [5, 5.41) is 12.8. The van der Waals surface area contributed by atoms with Crippen LogP contribution in [-0.4, -0.2) is 46.3 Å². The van der Waals surface area contributed by atoms with Gasteiger partial charge in [0.1, 0.15) is 5.84 Å². The number of amidine groups is 1. The quantitative estimate of drug-likeness (QED) is 0.621. The number of benzene rings is 1. The molecule has 1 aromatic rings. The van der Waals surface area contributed by atoms with E-state index in [1.165, 1.54) is 6.07 Å². The predicted octanol–water partition coefficient (Wildman–Crippen LogP) is 5.08. The van der Waals surface area contributed by atoms with E-state index in [4.69, 9.17) is 11.6 Å². The zero-order valence-electron chi connectivity index (χ0n) is 17.3. The highest BCUT2D eigenvalue weighted by Gasteiger charge is 2.31. The molecule has 0 aromatic heterocycles. The number of alkyl halides is 3. The third-order valence-corrected chi connectivity index (χ3v) is 6.28. The number of piperidine rings is 1. The van der Waals surface area contributed by atoms with E-state index in [0.29, 0.717) is 17.9 Å². The Balaban J connectivity index is 1.56. The van der Waals surface area contributed by atoms with Gasteiger partial charge < -0.3 is 10.4 Å². The van der Waals surface area contributed by atoms with Crippen LogP contribution in [0.4, 0.5) is 18.0 Å². The van der Waals surface area contributed by atoms with Crippen LogP contribution < -0.4 is 5.32 Å². The highest BCUT2D eigenvalue weighted by atomic mass is 35.5. The number of aliphatic imine (C=N–C) groups is 1. The summed E-state index contributed by atoms with van der Waals surface area (Å²) in [6.45, 7) is 5.66. The summed E-state index contributed by atoms with van der Waals surface area (Å²) < 4.78 is 38.4. The Morgan fingerprint density at radius 3 is 2.58 bits per heavy atom. The van der Waals surface area contributed by atoms with Gasteiger partial charge in [0.05, 0.1) is 16.1 Å². The second-order valence-corrected chi connectivity index (χ2v) is 9.84. The van der Waals surface area contributed by atoms with E-state index in [0.717, 1.165) is 54.7 Å². The van der Waals surface area contributed by atoms with Crippen LogP contribution in [0.3, 0.4) is 0 Å². The molecule has 3 rings (SSSR count). The van der Waals surface area contributed by atoms with Gasteiger partial charge in [-0.15, -0.1) is 0 Å². The van der Waals surface area contributed by atoms with Crippen molar-refractivity contribution in [2.75, 3.05) is 19.6 Å². The first kappa shape index (κ1) is 24.1. The second kappa shape index (κ2) is 9.52. The van der Waals surface area contributed by atoms with Gasteiger partial charge in [0.2, 0.25) is 0 Å². The van der Waals surface area contributed by atoms with Gasteiger partial charge in [-0.25, -0.2) is 0 Å². The molecular weight excluding hydrogens is 451 g/mol. The Morgan fingerprint density at radius 1 is 1.32 bits per heavy atom. The molecule has 0 atom stereocenters. The Morgan fingerprint density at radius 2 is 2.00 bits per heavy atom. The SMILES string of the molecule is CC(C)(O)CNC1=NC(=O)SC1=CC1CCN(Cc2ccc(C(F)(F)F)cc2Cl)CC1. The normalized spacial score (nSPS) is 20.4. The van der Waals surface area contributed by atoms with Crippen molar-refractivity contribution in [3.8, 4) is 0 Å². The van der Waals surface area contributed by atoms with Gasteiger partial charge in [-0.05, 0) is 75.2 Å². The minimum atomic E-state index is -4.41. The first-order chi connectivity index (χ1) is 14.4. The summed E-state index contributed by atoms with van der Waals surface area (Å²) in [5.41, 5.74) is -0.992. The summed E-state index contributed by atoms with van der Waals surface area (Å²) in [7, 11) is 0. The van der Waals surface area contributed by atoms with Gasteiger partial charge in [0, 0.05) is 18.1 Å². The Hall–Kier alpha value is -1.55. The number of carbonyl (C=O) groups is 1. The van der Waals surface area contributed by atoms with Crippen molar-refractivity contribution in [1.29, 1.82) is 0 Å². The molecule has 1 fully saturated rings.